The molecule has 0 aliphatic rings. The number of hydrogen-bond acceptors (Lipinski definition) is 1. The average molecular weight is 244 g/mol. The molecule has 1 N–H and O–H groups in total. The number of hydrogen-bond donors (Lipinski definition) is 1. The number of aliphatic carboxylic acids is 1. The maximum absolute atomic E-state index is 12.9. The standard InChI is InChI=1S/C15H13FO2/c1-10-2-4-11(5-3-10)14(15(17)18)12-6-8-13(16)9-7-12/h2-9,14H,1H3,(H,17,18). The molecule has 18 heavy (non-hydrogen) atoms. The molecule has 0 bridgehead atoms. The Balaban J connectivity index is 2.43. The van der Waals surface area contributed by atoms with Gasteiger partial charge in [-0.2, -0.15) is 0 Å². The summed E-state index contributed by atoms with van der Waals surface area (Å²) in [4.78, 5) is 11.4. The summed E-state index contributed by atoms with van der Waals surface area (Å²) in [6, 6.07) is 12.9. The molecule has 0 fully saturated rings. The molecule has 0 spiro atoms. The van der Waals surface area contributed by atoms with E-state index in [0.29, 0.717) is 11.1 Å². The van der Waals surface area contributed by atoms with Gasteiger partial charge in [0.05, 0.1) is 0 Å². The van der Waals surface area contributed by atoms with Crippen molar-refractivity contribution in [2.45, 2.75) is 12.8 Å². The van der Waals surface area contributed by atoms with Crippen LogP contribution in [-0.4, -0.2) is 11.1 Å². The van der Waals surface area contributed by atoms with Gasteiger partial charge in [-0.25, -0.2) is 4.39 Å². The molecule has 0 aromatic heterocycles. The molecule has 2 rings (SSSR count). The second-order valence-electron chi connectivity index (χ2n) is 4.23. The van der Waals surface area contributed by atoms with Gasteiger partial charge in [0.25, 0.3) is 0 Å². The SMILES string of the molecule is Cc1ccc(C(C(=O)O)c2ccc(F)cc2)cc1. The van der Waals surface area contributed by atoms with Gasteiger partial charge in [-0.05, 0) is 30.2 Å². The molecule has 0 aliphatic heterocycles. The summed E-state index contributed by atoms with van der Waals surface area (Å²) < 4.78 is 12.9. The molecule has 0 saturated heterocycles. The molecular weight excluding hydrogens is 231 g/mol. The Bertz CT molecular complexity index is 498. The lowest BCUT2D eigenvalue weighted by Crippen LogP contribution is -2.13. The number of benzene rings is 2. The van der Waals surface area contributed by atoms with Crippen LogP contribution in [0.25, 0.3) is 0 Å². The lowest BCUT2D eigenvalue weighted by atomic mass is 9.91. The highest BCUT2D eigenvalue weighted by atomic mass is 19.1. The van der Waals surface area contributed by atoms with E-state index in [4.69, 9.17) is 0 Å². The zero-order valence-electron chi connectivity index (χ0n) is 9.93. The van der Waals surface area contributed by atoms with Gasteiger partial charge in [-0.15, -0.1) is 0 Å². The summed E-state index contributed by atoms with van der Waals surface area (Å²) in [6.07, 6.45) is 0. The van der Waals surface area contributed by atoms with E-state index in [1.54, 1.807) is 12.1 Å². The van der Waals surface area contributed by atoms with Crippen molar-refractivity contribution in [3.8, 4) is 0 Å². The van der Waals surface area contributed by atoms with Crippen LogP contribution < -0.4 is 0 Å². The van der Waals surface area contributed by atoms with E-state index in [0.717, 1.165) is 5.56 Å². The molecule has 2 aromatic rings. The zero-order chi connectivity index (χ0) is 13.1. The Morgan fingerprint density at radius 2 is 1.44 bits per heavy atom. The summed E-state index contributed by atoms with van der Waals surface area (Å²) >= 11 is 0. The number of carboxylic acids is 1. The number of rotatable bonds is 3. The molecule has 2 aromatic carbocycles. The van der Waals surface area contributed by atoms with Crippen LogP contribution in [0.1, 0.15) is 22.6 Å². The lowest BCUT2D eigenvalue weighted by Gasteiger charge is -2.13. The van der Waals surface area contributed by atoms with Crippen LogP contribution in [0, 0.1) is 12.7 Å². The molecule has 0 aliphatic carbocycles. The highest BCUT2D eigenvalue weighted by molar-refractivity contribution is 5.80. The molecule has 1 atom stereocenters. The van der Waals surface area contributed by atoms with Gasteiger partial charge in [0, 0.05) is 0 Å². The van der Waals surface area contributed by atoms with Crippen LogP contribution in [-0.2, 0) is 4.79 Å². The highest BCUT2D eigenvalue weighted by Crippen LogP contribution is 2.25. The Labute approximate surface area is 105 Å². The third kappa shape index (κ3) is 2.56. The van der Waals surface area contributed by atoms with Crippen LogP contribution in [0.2, 0.25) is 0 Å². The summed E-state index contributed by atoms with van der Waals surface area (Å²) in [5, 5.41) is 9.32. The molecule has 0 saturated carbocycles. The first kappa shape index (κ1) is 12.3. The smallest absolute Gasteiger partial charge is 0.315 e. The first-order valence-corrected chi connectivity index (χ1v) is 5.63. The van der Waals surface area contributed by atoms with Gasteiger partial charge < -0.3 is 5.11 Å². The molecule has 3 heteroatoms. The minimum Gasteiger partial charge on any atom is -0.481 e. The van der Waals surface area contributed by atoms with E-state index in [-0.39, 0.29) is 5.82 Å². The number of aryl methyl sites for hydroxylation is 1. The summed E-state index contributed by atoms with van der Waals surface area (Å²) in [5.41, 5.74) is 2.34. The van der Waals surface area contributed by atoms with E-state index < -0.39 is 11.9 Å². The third-order valence-corrected chi connectivity index (χ3v) is 2.86. The van der Waals surface area contributed by atoms with Crippen molar-refractivity contribution in [1.82, 2.24) is 0 Å². The fraction of sp³-hybridized carbons (Fsp3) is 0.133. The molecule has 0 heterocycles. The molecule has 2 nitrogen and oxygen atoms in total. The molecule has 0 radical (unpaired) electrons. The third-order valence-electron chi connectivity index (χ3n) is 2.86. The maximum Gasteiger partial charge on any atom is 0.315 e. The van der Waals surface area contributed by atoms with E-state index in [9.17, 15) is 14.3 Å². The summed E-state index contributed by atoms with van der Waals surface area (Å²) in [6.45, 7) is 1.94. The average Bonchev–Trinajstić information content (AvgIpc) is 2.34. The quantitative estimate of drug-likeness (QED) is 0.899. The van der Waals surface area contributed by atoms with Crippen LogP contribution in [0.5, 0.6) is 0 Å². The van der Waals surface area contributed by atoms with E-state index in [1.807, 2.05) is 19.1 Å². The minimum atomic E-state index is -0.939. The fourth-order valence-corrected chi connectivity index (χ4v) is 1.89. The normalized spacial score (nSPS) is 12.1. The van der Waals surface area contributed by atoms with Crippen molar-refractivity contribution in [3.05, 3.63) is 71.0 Å². The largest absolute Gasteiger partial charge is 0.481 e. The second-order valence-corrected chi connectivity index (χ2v) is 4.23. The van der Waals surface area contributed by atoms with Crippen molar-refractivity contribution in [1.29, 1.82) is 0 Å². The Hall–Kier alpha value is -2.16. The highest BCUT2D eigenvalue weighted by Gasteiger charge is 2.21. The van der Waals surface area contributed by atoms with E-state index in [2.05, 4.69) is 0 Å². The monoisotopic (exact) mass is 244 g/mol. The number of carboxylic acid groups (broad SMARTS) is 1. The zero-order valence-corrected chi connectivity index (χ0v) is 9.93. The Morgan fingerprint density at radius 3 is 1.89 bits per heavy atom. The van der Waals surface area contributed by atoms with E-state index in [1.165, 1.54) is 24.3 Å². The predicted molar refractivity (Wildman–Crippen MR) is 67.1 cm³/mol. The summed E-state index contributed by atoms with van der Waals surface area (Å²) in [5.74, 6) is -2.07. The molecule has 92 valence electrons. The van der Waals surface area contributed by atoms with Crippen molar-refractivity contribution in [2.24, 2.45) is 0 Å². The van der Waals surface area contributed by atoms with Crippen molar-refractivity contribution >= 4 is 5.97 Å². The molecule has 0 amide bonds. The van der Waals surface area contributed by atoms with Gasteiger partial charge in [0.15, 0.2) is 0 Å². The van der Waals surface area contributed by atoms with Gasteiger partial charge in [0.2, 0.25) is 0 Å². The van der Waals surface area contributed by atoms with Gasteiger partial charge in [0.1, 0.15) is 11.7 Å². The van der Waals surface area contributed by atoms with Crippen LogP contribution in [0.3, 0.4) is 0 Å². The van der Waals surface area contributed by atoms with Gasteiger partial charge in [-0.3, -0.25) is 4.79 Å². The predicted octanol–water partition coefficient (Wildman–Crippen LogP) is 3.35. The topological polar surface area (TPSA) is 37.3 Å². The van der Waals surface area contributed by atoms with Gasteiger partial charge >= 0.3 is 5.97 Å². The first-order valence-electron chi connectivity index (χ1n) is 5.63. The molecule has 1 unspecified atom stereocenters. The van der Waals surface area contributed by atoms with Crippen LogP contribution >= 0.6 is 0 Å². The van der Waals surface area contributed by atoms with Gasteiger partial charge in [-0.1, -0.05) is 42.0 Å². The number of halogens is 1. The summed E-state index contributed by atoms with van der Waals surface area (Å²) in [7, 11) is 0. The van der Waals surface area contributed by atoms with Crippen LogP contribution in [0.15, 0.2) is 48.5 Å². The van der Waals surface area contributed by atoms with Crippen molar-refractivity contribution in [3.63, 3.8) is 0 Å². The maximum atomic E-state index is 12.9. The minimum absolute atomic E-state index is 0.369. The van der Waals surface area contributed by atoms with Crippen molar-refractivity contribution < 1.29 is 14.3 Å². The van der Waals surface area contributed by atoms with Crippen molar-refractivity contribution in [2.75, 3.05) is 0 Å². The lowest BCUT2D eigenvalue weighted by molar-refractivity contribution is -0.137. The number of carbonyl (C=O) groups is 1. The fourth-order valence-electron chi connectivity index (χ4n) is 1.89. The second kappa shape index (κ2) is 5.00. The van der Waals surface area contributed by atoms with E-state index >= 15 is 0 Å². The Kier molecular flexibility index (Phi) is 3.42. The first-order chi connectivity index (χ1) is 8.58. The Morgan fingerprint density at radius 1 is 1.00 bits per heavy atom. The molecular formula is C15H13FO2. The van der Waals surface area contributed by atoms with Crippen LogP contribution in [0.4, 0.5) is 4.39 Å².